The lowest BCUT2D eigenvalue weighted by Gasteiger charge is -2.20. The fraction of sp³-hybridized carbons (Fsp3) is 0.381. The van der Waals surface area contributed by atoms with E-state index in [1.165, 1.54) is 12.1 Å². The molecule has 3 rings (SSSR count). The average molecular weight is 383 g/mol. The molecule has 1 N–H and O–H groups in total. The molecule has 2 aromatic rings. The van der Waals surface area contributed by atoms with Crippen molar-refractivity contribution in [2.24, 2.45) is 0 Å². The van der Waals surface area contributed by atoms with Gasteiger partial charge in [-0.05, 0) is 37.0 Å². The van der Waals surface area contributed by atoms with Gasteiger partial charge in [0.2, 0.25) is 0 Å². The number of carbonyl (C=O) groups is 1. The minimum atomic E-state index is -0.495. The molecule has 2 atom stereocenters. The van der Waals surface area contributed by atoms with Gasteiger partial charge < -0.3 is 15.0 Å². The van der Waals surface area contributed by atoms with Crippen LogP contribution < -0.4 is 10.2 Å². The second kappa shape index (κ2) is 8.39. The molecule has 0 saturated carbocycles. The van der Waals surface area contributed by atoms with Crippen LogP contribution in [0.5, 0.6) is 0 Å². The number of nitro groups is 1. The van der Waals surface area contributed by atoms with Crippen LogP contribution in [0.1, 0.15) is 53.4 Å². The van der Waals surface area contributed by atoms with Crippen molar-refractivity contribution >= 4 is 17.3 Å². The Morgan fingerprint density at radius 3 is 2.71 bits per heavy atom. The predicted octanol–water partition coefficient (Wildman–Crippen LogP) is 4.00. The molecule has 7 heteroatoms. The number of carbonyl (C=O) groups excluding carboxylic acids is 1. The van der Waals surface area contributed by atoms with Crippen LogP contribution in [0.15, 0.2) is 42.5 Å². The number of hydrogen-bond donors (Lipinski definition) is 1. The molecule has 1 aliphatic heterocycles. The number of nitrogens with one attached hydrogen (secondary N) is 1. The van der Waals surface area contributed by atoms with Crippen LogP contribution in [0.2, 0.25) is 0 Å². The highest BCUT2D eigenvalue weighted by Gasteiger charge is 2.21. The summed E-state index contributed by atoms with van der Waals surface area (Å²) < 4.78 is 5.75. The summed E-state index contributed by atoms with van der Waals surface area (Å²) in [6.07, 6.45) is 2.17. The Balaban J connectivity index is 1.81. The number of ether oxygens (including phenoxy) is 1. The van der Waals surface area contributed by atoms with Crippen molar-refractivity contribution in [2.75, 3.05) is 25.6 Å². The predicted molar refractivity (Wildman–Crippen MR) is 108 cm³/mol. The highest BCUT2D eigenvalue weighted by atomic mass is 16.6. The fourth-order valence-electron chi connectivity index (χ4n) is 3.44. The molecule has 0 spiro atoms. The normalized spacial score (nSPS) is 17.2. The molecule has 0 aromatic heterocycles. The SMILES string of the molecule is CC(NC(=O)c1cc([N+](=O)[O-])ccc1N(C)C)c1cccc(C2CCCO2)c1. The number of amides is 1. The first-order chi connectivity index (χ1) is 13.4. The smallest absolute Gasteiger partial charge is 0.270 e. The number of anilines is 1. The van der Waals surface area contributed by atoms with Crippen LogP contribution in [0, 0.1) is 10.1 Å². The lowest BCUT2D eigenvalue weighted by atomic mass is 10.00. The topological polar surface area (TPSA) is 84.7 Å². The van der Waals surface area contributed by atoms with E-state index in [2.05, 4.69) is 11.4 Å². The van der Waals surface area contributed by atoms with E-state index in [-0.39, 0.29) is 29.3 Å². The van der Waals surface area contributed by atoms with Crippen LogP contribution in [0.3, 0.4) is 0 Å². The van der Waals surface area contributed by atoms with Crippen molar-refractivity contribution in [3.8, 4) is 0 Å². The summed E-state index contributed by atoms with van der Waals surface area (Å²) in [6, 6.07) is 12.1. The highest BCUT2D eigenvalue weighted by molar-refractivity contribution is 6.00. The van der Waals surface area contributed by atoms with Crippen LogP contribution in [0.4, 0.5) is 11.4 Å². The first-order valence-corrected chi connectivity index (χ1v) is 9.35. The van der Waals surface area contributed by atoms with Crippen molar-refractivity contribution in [1.29, 1.82) is 0 Å². The lowest BCUT2D eigenvalue weighted by molar-refractivity contribution is -0.384. The molecule has 2 unspecified atom stereocenters. The summed E-state index contributed by atoms with van der Waals surface area (Å²) in [6.45, 7) is 2.68. The Kier molecular flexibility index (Phi) is 5.94. The van der Waals surface area contributed by atoms with Crippen LogP contribution in [-0.4, -0.2) is 31.5 Å². The minimum Gasteiger partial charge on any atom is -0.377 e. The van der Waals surface area contributed by atoms with E-state index in [0.29, 0.717) is 5.69 Å². The Hall–Kier alpha value is -2.93. The van der Waals surface area contributed by atoms with Crippen LogP contribution in [-0.2, 0) is 4.74 Å². The number of rotatable bonds is 6. The minimum absolute atomic E-state index is 0.108. The first kappa shape index (κ1) is 19.8. The van der Waals surface area contributed by atoms with Gasteiger partial charge in [-0.1, -0.05) is 24.3 Å². The van der Waals surface area contributed by atoms with Gasteiger partial charge in [-0.2, -0.15) is 0 Å². The van der Waals surface area contributed by atoms with Gasteiger partial charge in [0, 0.05) is 38.5 Å². The molecule has 7 nitrogen and oxygen atoms in total. The van der Waals surface area contributed by atoms with Gasteiger partial charge in [0.05, 0.1) is 22.6 Å². The van der Waals surface area contributed by atoms with Crippen LogP contribution >= 0.6 is 0 Å². The second-order valence-electron chi connectivity index (χ2n) is 7.22. The van der Waals surface area contributed by atoms with E-state index < -0.39 is 4.92 Å². The summed E-state index contributed by atoms with van der Waals surface area (Å²) >= 11 is 0. The van der Waals surface area contributed by atoms with Crippen LogP contribution in [0.25, 0.3) is 0 Å². The van der Waals surface area contributed by atoms with E-state index >= 15 is 0 Å². The largest absolute Gasteiger partial charge is 0.377 e. The molecule has 1 fully saturated rings. The molecule has 0 radical (unpaired) electrons. The summed E-state index contributed by atoms with van der Waals surface area (Å²) in [5.41, 5.74) is 2.88. The van der Waals surface area contributed by atoms with E-state index in [4.69, 9.17) is 4.74 Å². The highest BCUT2D eigenvalue weighted by Crippen LogP contribution is 2.30. The van der Waals surface area contributed by atoms with E-state index in [9.17, 15) is 14.9 Å². The maximum Gasteiger partial charge on any atom is 0.270 e. The molecule has 1 amide bonds. The van der Waals surface area contributed by atoms with E-state index in [1.807, 2.05) is 25.1 Å². The maximum absolute atomic E-state index is 12.9. The average Bonchev–Trinajstić information content (AvgIpc) is 3.22. The molecule has 0 aliphatic carbocycles. The third-order valence-corrected chi connectivity index (χ3v) is 4.98. The molecule has 1 heterocycles. The zero-order chi connectivity index (χ0) is 20.3. The second-order valence-corrected chi connectivity index (χ2v) is 7.22. The van der Waals surface area contributed by atoms with Crippen molar-refractivity contribution in [1.82, 2.24) is 5.32 Å². The number of nitro benzene ring substituents is 1. The summed E-state index contributed by atoms with van der Waals surface area (Å²) in [7, 11) is 3.60. The standard InChI is InChI=1S/C21H25N3O4/c1-14(15-6-4-7-16(12-15)20-8-5-11-28-20)22-21(25)18-13-17(24(26)27)9-10-19(18)23(2)3/h4,6-7,9-10,12-14,20H,5,8,11H2,1-3H3,(H,22,25). The Labute approximate surface area is 164 Å². The number of nitrogens with zero attached hydrogens (tertiary/aromatic N) is 2. The van der Waals surface area contributed by atoms with E-state index in [1.54, 1.807) is 25.1 Å². The van der Waals surface area contributed by atoms with Gasteiger partial charge in [-0.3, -0.25) is 14.9 Å². The van der Waals surface area contributed by atoms with Crippen molar-refractivity contribution in [3.63, 3.8) is 0 Å². The fourth-order valence-corrected chi connectivity index (χ4v) is 3.44. The molecule has 148 valence electrons. The third-order valence-electron chi connectivity index (χ3n) is 4.98. The summed E-state index contributed by atoms with van der Waals surface area (Å²) in [5, 5.41) is 14.1. The Morgan fingerprint density at radius 2 is 2.07 bits per heavy atom. The Bertz CT molecular complexity index is 876. The monoisotopic (exact) mass is 383 g/mol. The van der Waals surface area contributed by atoms with Gasteiger partial charge in [0.25, 0.3) is 11.6 Å². The first-order valence-electron chi connectivity index (χ1n) is 9.35. The number of hydrogen-bond acceptors (Lipinski definition) is 5. The van der Waals surface area contributed by atoms with Gasteiger partial charge in [-0.15, -0.1) is 0 Å². The molecule has 28 heavy (non-hydrogen) atoms. The van der Waals surface area contributed by atoms with Gasteiger partial charge in [0.15, 0.2) is 0 Å². The molecule has 1 saturated heterocycles. The van der Waals surface area contributed by atoms with E-state index in [0.717, 1.165) is 30.6 Å². The van der Waals surface area contributed by atoms with Gasteiger partial charge >= 0.3 is 0 Å². The summed E-state index contributed by atoms with van der Waals surface area (Å²) in [4.78, 5) is 25.3. The van der Waals surface area contributed by atoms with Gasteiger partial charge in [-0.25, -0.2) is 0 Å². The quantitative estimate of drug-likeness (QED) is 0.602. The molecular formula is C21H25N3O4. The molecule has 2 aromatic carbocycles. The number of non-ortho nitro benzene ring substituents is 1. The molecule has 1 aliphatic rings. The lowest BCUT2D eigenvalue weighted by Crippen LogP contribution is -2.28. The molecule has 0 bridgehead atoms. The number of benzene rings is 2. The zero-order valence-corrected chi connectivity index (χ0v) is 16.3. The van der Waals surface area contributed by atoms with Crippen molar-refractivity contribution in [2.45, 2.75) is 31.9 Å². The molecular weight excluding hydrogens is 358 g/mol. The van der Waals surface area contributed by atoms with Crippen molar-refractivity contribution in [3.05, 3.63) is 69.3 Å². The Morgan fingerprint density at radius 1 is 1.29 bits per heavy atom. The third kappa shape index (κ3) is 4.31. The maximum atomic E-state index is 12.9. The summed E-state index contributed by atoms with van der Waals surface area (Å²) in [5.74, 6) is -0.345. The van der Waals surface area contributed by atoms with Gasteiger partial charge in [0.1, 0.15) is 0 Å². The zero-order valence-electron chi connectivity index (χ0n) is 16.3. The van der Waals surface area contributed by atoms with Crippen molar-refractivity contribution < 1.29 is 14.5 Å².